The van der Waals surface area contributed by atoms with Crippen LogP contribution in [-0.4, -0.2) is 31.7 Å². The molecule has 5 nitrogen and oxygen atoms in total. The van der Waals surface area contributed by atoms with Crippen molar-refractivity contribution < 1.29 is 17.6 Å². The molecule has 1 aliphatic rings. The number of hydrogen-bond acceptors (Lipinski definition) is 4. The summed E-state index contributed by atoms with van der Waals surface area (Å²) >= 11 is 4.43. The van der Waals surface area contributed by atoms with Crippen LogP contribution in [0.15, 0.2) is 44.4 Å². The molecule has 0 radical (unpaired) electrons. The Hall–Kier alpha value is -1.29. The third kappa shape index (κ3) is 4.11. The third-order valence-electron chi connectivity index (χ3n) is 4.10. The quantitative estimate of drug-likeness (QED) is 0.778. The summed E-state index contributed by atoms with van der Waals surface area (Å²) in [5, 5.41) is 2.58. The van der Waals surface area contributed by atoms with E-state index in [1.54, 1.807) is 24.3 Å². The number of carbonyl (C=O) groups is 1. The van der Waals surface area contributed by atoms with Gasteiger partial charge in [-0.05, 0) is 53.0 Å². The van der Waals surface area contributed by atoms with Gasteiger partial charge >= 0.3 is 0 Å². The average molecular weight is 447 g/mol. The molecule has 9 heteroatoms. The number of piperidine rings is 1. The Labute approximate surface area is 158 Å². The first-order valence-electron chi connectivity index (χ1n) is 7.69. The number of sulfonamides is 1. The third-order valence-corrected chi connectivity index (χ3v) is 8.09. The van der Waals surface area contributed by atoms with Gasteiger partial charge in [0, 0.05) is 19.0 Å². The summed E-state index contributed by atoms with van der Waals surface area (Å²) in [5.41, 5.74) is 0.144. The van der Waals surface area contributed by atoms with Gasteiger partial charge in [0.1, 0.15) is 10.0 Å². The zero-order chi connectivity index (χ0) is 18.0. The van der Waals surface area contributed by atoms with Crippen LogP contribution in [-0.2, 0) is 14.8 Å². The van der Waals surface area contributed by atoms with Gasteiger partial charge in [0.2, 0.25) is 5.91 Å². The van der Waals surface area contributed by atoms with Crippen molar-refractivity contribution in [2.45, 2.75) is 17.1 Å². The van der Waals surface area contributed by atoms with E-state index in [0.29, 0.717) is 12.8 Å². The lowest BCUT2D eigenvalue weighted by Crippen LogP contribution is -2.41. The summed E-state index contributed by atoms with van der Waals surface area (Å²) in [6.45, 7) is 0.542. The van der Waals surface area contributed by atoms with Crippen molar-refractivity contribution in [3.05, 3.63) is 46.0 Å². The molecule has 3 rings (SSSR count). The number of para-hydroxylation sites is 1. The second kappa shape index (κ2) is 7.53. The number of carbonyl (C=O) groups excluding carboxylic acids is 1. The molecule has 1 fully saturated rings. The topological polar surface area (TPSA) is 66.5 Å². The highest BCUT2D eigenvalue weighted by Crippen LogP contribution is 2.31. The van der Waals surface area contributed by atoms with Crippen molar-refractivity contribution in [2.24, 2.45) is 5.92 Å². The van der Waals surface area contributed by atoms with Gasteiger partial charge in [-0.1, -0.05) is 12.1 Å². The summed E-state index contributed by atoms with van der Waals surface area (Å²) in [6.07, 6.45) is 0.818. The van der Waals surface area contributed by atoms with Crippen molar-refractivity contribution in [1.82, 2.24) is 4.31 Å². The van der Waals surface area contributed by atoms with E-state index in [1.807, 2.05) is 0 Å². The van der Waals surface area contributed by atoms with Gasteiger partial charge in [0.05, 0.1) is 9.47 Å². The molecule has 1 amide bonds. The molecule has 0 unspecified atom stereocenters. The van der Waals surface area contributed by atoms with Crippen molar-refractivity contribution >= 4 is 48.9 Å². The molecule has 0 aliphatic carbocycles. The van der Waals surface area contributed by atoms with Crippen LogP contribution in [0.25, 0.3) is 0 Å². The van der Waals surface area contributed by atoms with Gasteiger partial charge in [-0.3, -0.25) is 4.79 Å². The van der Waals surface area contributed by atoms with Gasteiger partial charge in [0.15, 0.2) is 0 Å². The van der Waals surface area contributed by atoms with E-state index >= 15 is 0 Å². The highest BCUT2D eigenvalue weighted by atomic mass is 79.9. The molecule has 1 N–H and O–H groups in total. The maximum Gasteiger partial charge on any atom is 0.252 e. The second-order valence-corrected chi connectivity index (χ2v) is 10.3. The Kier molecular flexibility index (Phi) is 5.57. The van der Waals surface area contributed by atoms with Gasteiger partial charge < -0.3 is 5.32 Å². The van der Waals surface area contributed by atoms with Crippen LogP contribution in [0.3, 0.4) is 0 Å². The van der Waals surface area contributed by atoms with E-state index < -0.39 is 15.8 Å². The van der Waals surface area contributed by atoms with Gasteiger partial charge in [-0.25, -0.2) is 12.8 Å². The molecule has 25 heavy (non-hydrogen) atoms. The van der Waals surface area contributed by atoms with Crippen LogP contribution < -0.4 is 5.32 Å². The lowest BCUT2D eigenvalue weighted by molar-refractivity contribution is -0.120. The fraction of sp³-hybridized carbons (Fsp3) is 0.312. The standard InChI is InChI=1S/C16H16BrFN2O3S2/c17-14-5-6-15(24-14)25(22,23)20-9-7-11(8-10-20)16(21)19-13-4-2-1-3-12(13)18/h1-6,11H,7-10H2,(H,19,21). The fourth-order valence-electron chi connectivity index (χ4n) is 2.72. The number of rotatable bonds is 4. The van der Waals surface area contributed by atoms with E-state index in [-0.39, 0.29) is 34.8 Å². The van der Waals surface area contributed by atoms with E-state index in [1.165, 1.54) is 16.4 Å². The average Bonchev–Trinajstić information content (AvgIpc) is 3.04. The van der Waals surface area contributed by atoms with Crippen molar-refractivity contribution in [3.63, 3.8) is 0 Å². The van der Waals surface area contributed by atoms with Crippen LogP contribution in [0.5, 0.6) is 0 Å². The lowest BCUT2D eigenvalue weighted by Gasteiger charge is -2.30. The second-order valence-electron chi connectivity index (χ2n) is 5.71. The number of nitrogens with one attached hydrogen (secondary N) is 1. The minimum absolute atomic E-state index is 0.144. The molecule has 1 aromatic heterocycles. The van der Waals surface area contributed by atoms with E-state index in [2.05, 4.69) is 21.2 Å². The van der Waals surface area contributed by atoms with E-state index in [0.717, 1.165) is 15.1 Å². The number of benzene rings is 1. The SMILES string of the molecule is O=C(Nc1ccccc1F)C1CCN(S(=O)(=O)c2ccc(Br)s2)CC1. The zero-order valence-electron chi connectivity index (χ0n) is 13.1. The van der Waals surface area contributed by atoms with Crippen molar-refractivity contribution in [1.29, 1.82) is 0 Å². The predicted molar refractivity (Wildman–Crippen MR) is 98.5 cm³/mol. The first-order chi connectivity index (χ1) is 11.9. The summed E-state index contributed by atoms with van der Waals surface area (Å²) in [7, 11) is -3.53. The van der Waals surface area contributed by atoms with Crippen LogP contribution in [0.4, 0.5) is 10.1 Å². The number of halogens is 2. The summed E-state index contributed by atoms with van der Waals surface area (Å²) < 4.78 is 41.2. The van der Waals surface area contributed by atoms with Gasteiger partial charge in [0.25, 0.3) is 10.0 Å². The summed E-state index contributed by atoms with van der Waals surface area (Å²) in [5.74, 6) is -1.10. The summed E-state index contributed by atoms with van der Waals surface area (Å²) in [4.78, 5) is 12.3. The maximum atomic E-state index is 13.6. The Morgan fingerprint density at radius 1 is 1.20 bits per heavy atom. The van der Waals surface area contributed by atoms with Crippen molar-refractivity contribution in [3.8, 4) is 0 Å². The van der Waals surface area contributed by atoms with Gasteiger partial charge in [-0.2, -0.15) is 4.31 Å². The van der Waals surface area contributed by atoms with Gasteiger partial charge in [-0.15, -0.1) is 11.3 Å². The number of anilines is 1. The Balaban J connectivity index is 1.62. The number of hydrogen-bond donors (Lipinski definition) is 1. The van der Waals surface area contributed by atoms with Crippen LogP contribution >= 0.6 is 27.3 Å². The monoisotopic (exact) mass is 446 g/mol. The lowest BCUT2D eigenvalue weighted by atomic mass is 9.97. The molecule has 2 aromatic rings. The smallest absolute Gasteiger partial charge is 0.252 e. The molecule has 134 valence electrons. The Bertz CT molecular complexity index is 877. The first kappa shape index (κ1) is 18.5. The van der Waals surface area contributed by atoms with Crippen LogP contribution in [0.1, 0.15) is 12.8 Å². The van der Waals surface area contributed by atoms with Crippen molar-refractivity contribution in [2.75, 3.05) is 18.4 Å². The number of nitrogens with zero attached hydrogens (tertiary/aromatic N) is 1. The Morgan fingerprint density at radius 2 is 1.88 bits per heavy atom. The minimum Gasteiger partial charge on any atom is -0.323 e. The highest BCUT2D eigenvalue weighted by Gasteiger charge is 2.33. The predicted octanol–water partition coefficient (Wildman–Crippen LogP) is 3.69. The summed E-state index contributed by atoms with van der Waals surface area (Å²) in [6, 6.07) is 9.25. The highest BCUT2D eigenvalue weighted by molar-refractivity contribution is 9.11. The number of thiophene rings is 1. The number of amides is 1. The molecule has 0 atom stereocenters. The van der Waals surface area contributed by atoms with E-state index in [9.17, 15) is 17.6 Å². The molecule has 0 spiro atoms. The first-order valence-corrected chi connectivity index (χ1v) is 10.7. The molecule has 0 bridgehead atoms. The maximum absolute atomic E-state index is 13.6. The fourth-order valence-corrected chi connectivity index (χ4v) is 6.35. The normalized spacial score (nSPS) is 16.7. The minimum atomic E-state index is -3.53. The zero-order valence-corrected chi connectivity index (χ0v) is 16.3. The largest absolute Gasteiger partial charge is 0.323 e. The molecular formula is C16H16BrFN2O3S2. The molecule has 1 aromatic carbocycles. The Morgan fingerprint density at radius 3 is 2.48 bits per heavy atom. The van der Waals surface area contributed by atoms with Crippen LogP contribution in [0, 0.1) is 11.7 Å². The molecule has 0 saturated carbocycles. The molecule has 1 saturated heterocycles. The van der Waals surface area contributed by atoms with E-state index in [4.69, 9.17) is 0 Å². The molecule has 1 aliphatic heterocycles. The molecule has 2 heterocycles. The van der Waals surface area contributed by atoms with Crippen LogP contribution in [0.2, 0.25) is 0 Å². The molecular weight excluding hydrogens is 431 g/mol.